The predicted molar refractivity (Wildman–Crippen MR) is 93.3 cm³/mol. The lowest BCUT2D eigenvalue weighted by Crippen LogP contribution is -2.35. The van der Waals surface area contributed by atoms with Gasteiger partial charge in [0.05, 0.1) is 7.11 Å². The largest absolute Gasteiger partial charge is 0.493 e. The van der Waals surface area contributed by atoms with Crippen molar-refractivity contribution in [1.82, 2.24) is 5.32 Å². The highest BCUT2D eigenvalue weighted by Gasteiger charge is 2.19. The number of hydrogen-bond donors (Lipinski definition) is 1. The summed E-state index contributed by atoms with van der Waals surface area (Å²) in [5.41, 5.74) is 1.35. The van der Waals surface area contributed by atoms with Gasteiger partial charge in [0.2, 0.25) is 0 Å². The summed E-state index contributed by atoms with van der Waals surface area (Å²) in [6, 6.07) is 7.04. The summed E-state index contributed by atoms with van der Waals surface area (Å²) >= 11 is 1.99. The van der Waals surface area contributed by atoms with Crippen LogP contribution in [0, 0.1) is 0 Å². The third kappa shape index (κ3) is 4.32. The van der Waals surface area contributed by atoms with Crippen molar-refractivity contribution in [3.8, 4) is 11.5 Å². The van der Waals surface area contributed by atoms with E-state index in [0.717, 1.165) is 36.6 Å². The zero-order valence-corrected chi connectivity index (χ0v) is 14.3. The van der Waals surface area contributed by atoms with Crippen LogP contribution in [0.3, 0.4) is 0 Å². The molecule has 2 atom stereocenters. The van der Waals surface area contributed by atoms with Crippen LogP contribution in [0.2, 0.25) is 0 Å². The average molecular weight is 321 g/mol. The molecule has 0 spiro atoms. The fourth-order valence-electron chi connectivity index (χ4n) is 3.31. The molecule has 2 saturated heterocycles. The normalized spacial score (nSPS) is 25.7. The summed E-state index contributed by atoms with van der Waals surface area (Å²) in [7, 11) is 1.72. The smallest absolute Gasteiger partial charge is 0.161 e. The van der Waals surface area contributed by atoms with Crippen LogP contribution in [0.5, 0.6) is 11.5 Å². The highest BCUT2D eigenvalue weighted by Crippen LogP contribution is 2.32. The molecule has 3 rings (SSSR count). The fourth-order valence-corrected chi connectivity index (χ4v) is 4.34. The molecule has 0 saturated carbocycles. The first kappa shape index (κ1) is 16.0. The molecule has 0 aliphatic carbocycles. The Labute approximate surface area is 138 Å². The molecule has 0 radical (unpaired) electrons. The first-order valence-electron chi connectivity index (χ1n) is 8.50. The SMILES string of the molecule is COc1ccc(CC2CCCCN2)cc1OC1CCCSC1. The molecule has 0 bridgehead atoms. The predicted octanol–water partition coefficient (Wildman–Crippen LogP) is 3.65. The number of benzene rings is 1. The van der Waals surface area contributed by atoms with Crippen LogP contribution in [0.1, 0.15) is 37.7 Å². The van der Waals surface area contributed by atoms with Crippen molar-refractivity contribution in [1.29, 1.82) is 0 Å². The summed E-state index contributed by atoms with van der Waals surface area (Å²) in [5.74, 6) is 4.14. The van der Waals surface area contributed by atoms with Gasteiger partial charge in [0.15, 0.2) is 11.5 Å². The summed E-state index contributed by atoms with van der Waals surface area (Å²) in [6.45, 7) is 1.16. The molecule has 3 nitrogen and oxygen atoms in total. The Morgan fingerprint density at radius 2 is 2.14 bits per heavy atom. The molecule has 0 amide bonds. The Balaban J connectivity index is 1.67. The molecule has 2 heterocycles. The van der Waals surface area contributed by atoms with Crippen LogP contribution in [-0.2, 0) is 6.42 Å². The van der Waals surface area contributed by atoms with Crippen LogP contribution in [-0.4, -0.2) is 37.3 Å². The first-order valence-corrected chi connectivity index (χ1v) is 9.65. The lowest BCUT2D eigenvalue weighted by atomic mass is 9.97. The molecule has 2 aliphatic heterocycles. The second-order valence-electron chi connectivity index (χ2n) is 6.29. The lowest BCUT2D eigenvalue weighted by molar-refractivity contribution is 0.202. The third-order valence-corrected chi connectivity index (χ3v) is 5.72. The molecule has 2 unspecified atom stereocenters. The number of piperidine rings is 1. The molecule has 122 valence electrons. The van der Waals surface area contributed by atoms with E-state index < -0.39 is 0 Å². The van der Waals surface area contributed by atoms with Crippen molar-refractivity contribution in [2.75, 3.05) is 25.2 Å². The van der Waals surface area contributed by atoms with Crippen molar-refractivity contribution >= 4 is 11.8 Å². The Morgan fingerprint density at radius 1 is 1.18 bits per heavy atom. The van der Waals surface area contributed by atoms with Crippen LogP contribution < -0.4 is 14.8 Å². The van der Waals surface area contributed by atoms with E-state index in [9.17, 15) is 0 Å². The van der Waals surface area contributed by atoms with Crippen LogP contribution >= 0.6 is 11.8 Å². The molecule has 2 fully saturated rings. The lowest BCUT2D eigenvalue weighted by Gasteiger charge is -2.25. The van der Waals surface area contributed by atoms with Crippen molar-refractivity contribution in [3.63, 3.8) is 0 Å². The third-order valence-electron chi connectivity index (χ3n) is 4.53. The highest BCUT2D eigenvalue weighted by atomic mass is 32.2. The number of rotatable bonds is 5. The quantitative estimate of drug-likeness (QED) is 0.896. The van der Waals surface area contributed by atoms with E-state index in [1.165, 1.54) is 37.0 Å². The maximum atomic E-state index is 6.24. The Hall–Kier alpha value is -0.870. The van der Waals surface area contributed by atoms with Gasteiger partial charge < -0.3 is 14.8 Å². The molecular formula is C18H27NO2S. The molecule has 0 aromatic heterocycles. The number of hydrogen-bond acceptors (Lipinski definition) is 4. The van der Waals surface area contributed by atoms with E-state index in [1.54, 1.807) is 7.11 Å². The van der Waals surface area contributed by atoms with Crippen molar-refractivity contribution in [2.24, 2.45) is 0 Å². The minimum atomic E-state index is 0.329. The first-order chi connectivity index (χ1) is 10.8. The number of thioether (sulfide) groups is 1. The van der Waals surface area contributed by atoms with Gasteiger partial charge in [-0.2, -0.15) is 11.8 Å². The summed E-state index contributed by atoms with van der Waals surface area (Å²) in [5, 5.41) is 3.62. The van der Waals surface area contributed by atoms with Crippen LogP contribution in [0.25, 0.3) is 0 Å². The van der Waals surface area contributed by atoms with Crippen molar-refractivity contribution < 1.29 is 9.47 Å². The summed E-state index contributed by atoms with van der Waals surface area (Å²) in [6.07, 6.45) is 7.76. The van der Waals surface area contributed by atoms with Gasteiger partial charge in [-0.1, -0.05) is 12.5 Å². The topological polar surface area (TPSA) is 30.5 Å². The van der Waals surface area contributed by atoms with E-state index in [0.29, 0.717) is 12.1 Å². The molecular weight excluding hydrogens is 294 g/mol. The van der Waals surface area contributed by atoms with E-state index in [1.807, 2.05) is 11.8 Å². The van der Waals surface area contributed by atoms with Gasteiger partial charge in [-0.15, -0.1) is 0 Å². The summed E-state index contributed by atoms with van der Waals surface area (Å²) in [4.78, 5) is 0. The van der Waals surface area contributed by atoms with Gasteiger partial charge in [-0.3, -0.25) is 0 Å². The molecule has 2 aliphatic rings. The second-order valence-corrected chi connectivity index (χ2v) is 7.44. The minimum Gasteiger partial charge on any atom is -0.493 e. The number of nitrogens with one attached hydrogen (secondary N) is 1. The Kier molecular flexibility index (Phi) is 5.90. The van der Waals surface area contributed by atoms with E-state index >= 15 is 0 Å². The van der Waals surface area contributed by atoms with E-state index in [4.69, 9.17) is 9.47 Å². The zero-order chi connectivity index (χ0) is 15.2. The van der Waals surface area contributed by atoms with E-state index in [2.05, 4.69) is 23.5 Å². The Morgan fingerprint density at radius 3 is 2.86 bits per heavy atom. The monoisotopic (exact) mass is 321 g/mol. The van der Waals surface area contributed by atoms with Gasteiger partial charge in [-0.05, 0) is 62.1 Å². The number of methoxy groups -OCH3 is 1. The Bertz CT molecular complexity index is 468. The van der Waals surface area contributed by atoms with Gasteiger partial charge >= 0.3 is 0 Å². The fraction of sp³-hybridized carbons (Fsp3) is 0.667. The molecule has 22 heavy (non-hydrogen) atoms. The average Bonchev–Trinajstić information content (AvgIpc) is 2.57. The van der Waals surface area contributed by atoms with Gasteiger partial charge in [0, 0.05) is 11.8 Å². The van der Waals surface area contributed by atoms with Gasteiger partial charge in [0.1, 0.15) is 6.10 Å². The minimum absolute atomic E-state index is 0.329. The maximum Gasteiger partial charge on any atom is 0.161 e. The van der Waals surface area contributed by atoms with E-state index in [-0.39, 0.29) is 0 Å². The standard InChI is InChI=1S/C18H27NO2S/c1-20-17-8-7-14(11-15-5-2-3-9-19-15)12-18(17)21-16-6-4-10-22-13-16/h7-8,12,15-16,19H,2-6,9-11,13H2,1H3. The van der Waals surface area contributed by atoms with Gasteiger partial charge in [0.25, 0.3) is 0 Å². The van der Waals surface area contributed by atoms with Crippen LogP contribution in [0.15, 0.2) is 18.2 Å². The molecule has 1 aromatic carbocycles. The van der Waals surface area contributed by atoms with Crippen LogP contribution in [0.4, 0.5) is 0 Å². The zero-order valence-electron chi connectivity index (χ0n) is 13.5. The number of ether oxygens (including phenoxy) is 2. The highest BCUT2D eigenvalue weighted by molar-refractivity contribution is 7.99. The van der Waals surface area contributed by atoms with Crippen molar-refractivity contribution in [2.45, 2.75) is 50.7 Å². The second kappa shape index (κ2) is 8.11. The molecule has 1 aromatic rings. The summed E-state index contributed by atoms with van der Waals surface area (Å²) < 4.78 is 11.7. The maximum absolute atomic E-state index is 6.24. The molecule has 4 heteroatoms. The van der Waals surface area contributed by atoms with Gasteiger partial charge in [-0.25, -0.2) is 0 Å². The van der Waals surface area contributed by atoms with Crippen molar-refractivity contribution in [3.05, 3.63) is 23.8 Å². The molecule has 1 N–H and O–H groups in total.